The summed E-state index contributed by atoms with van der Waals surface area (Å²) in [5, 5.41) is 3.10. The van der Waals surface area contributed by atoms with E-state index in [2.05, 4.69) is 11.4 Å². The van der Waals surface area contributed by atoms with E-state index in [1.165, 1.54) is 11.1 Å². The Labute approximate surface area is 89.1 Å². The lowest BCUT2D eigenvalue weighted by Crippen LogP contribution is -2.45. The molecule has 1 atom stereocenters. The van der Waals surface area contributed by atoms with Crippen LogP contribution >= 0.6 is 12.4 Å². The topological polar surface area (TPSA) is 55.1 Å². The number of carbonyl (C=O) groups excluding carboxylic acids is 1. The smallest absolute Gasteiger partial charge is 0.234 e. The highest BCUT2D eigenvalue weighted by molar-refractivity contribution is 5.85. The second-order valence-electron chi connectivity index (χ2n) is 3.31. The van der Waals surface area contributed by atoms with E-state index in [-0.39, 0.29) is 24.4 Å². The number of hydrogen-bond donors (Lipinski definition) is 2. The van der Waals surface area contributed by atoms with Crippen molar-refractivity contribution in [3.8, 4) is 0 Å². The molecular weight excluding hydrogens is 200 g/mol. The first kappa shape index (κ1) is 11.0. The van der Waals surface area contributed by atoms with Crippen LogP contribution in [0.15, 0.2) is 24.3 Å². The third-order valence-electron chi connectivity index (χ3n) is 2.42. The zero-order chi connectivity index (χ0) is 9.26. The number of hydrogen-bond acceptors (Lipinski definition) is 2. The molecule has 1 amide bonds. The fourth-order valence-electron chi connectivity index (χ4n) is 1.66. The summed E-state index contributed by atoms with van der Waals surface area (Å²) in [4.78, 5) is 10.9. The Balaban J connectivity index is 0.000000980. The lowest BCUT2D eigenvalue weighted by Gasteiger charge is -2.23. The van der Waals surface area contributed by atoms with Crippen LogP contribution in [-0.4, -0.2) is 11.9 Å². The summed E-state index contributed by atoms with van der Waals surface area (Å²) in [6, 6.07) is 7.91. The van der Waals surface area contributed by atoms with Crippen LogP contribution in [0, 0.1) is 0 Å². The normalized spacial score (nSPS) is 19.3. The van der Waals surface area contributed by atoms with Crippen molar-refractivity contribution >= 4 is 18.3 Å². The largest absolute Gasteiger partial charge is 0.368 e. The van der Waals surface area contributed by atoms with E-state index < -0.39 is 0 Å². The van der Waals surface area contributed by atoms with Crippen LogP contribution in [0.25, 0.3) is 0 Å². The van der Waals surface area contributed by atoms with E-state index in [4.69, 9.17) is 5.73 Å². The van der Waals surface area contributed by atoms with Crippen molar-refractivity contribution in [1.29, 1.82) is 0 Å². The highest BCUT2D eigenvalue weighted by Gasteiger charge is 2.21. The average Bonchev–Trinajstić information content (AvgIpc) is 2.17. The van der Waals surface area contributed by atoms with Crippen LogP contribution in [0.5, 0.6) is 0 Å². The molecule has 2 rings (SSSR count). The van der Waals surface area contributed by atoms with Crippen molar-refractivity contribution in [3.63, 3.8) is 0 Å². The number of rotatable bonds is 1. The monoisotopic (exact) mass is 212 g/mol. The SMILES string of the molecule is Cl.NC(=O)[C@@H]1Cc2ccccc2CN1. The molecular formula is C10H13ClN2O. The summed E-state index contributed by atoms with van der Waals surface area (Å²) in [5.74, 6) is -0.269. The molecule has 76 valence electrons. The van der Waals surface area contributed by atoms with Gasteiger partial charge in [0.15, 0.2) is 0 Å². The van der Waals surface area contributed by atoms with Crippen molar-refractivity contribution in [2.45, 2.75) is 19.0 Å². The van der Waals surface area contributed by atoms with Gasteiger partial charge in [-0.3, -0.25) is 4.79 Å². The minimum atomic E-state index is -0.269. The first-order valence-electron chi connectivity index (χ1n) is 4.37. The van der Waals surface area contributed by atoms with Crippen LogP contribution < -0.4 is 11.1 Å². The Morgan fingerprint density at radius 3 is 2.64 bits per heavy atom. The minimum absolute atomic E-state index is 0. The van der Waals surface area contributed by atoms with Gasteiger partial charge < -0.3 is 11.1 Å². The number of halogens is 1. The van der Waals surface area contributed by atoms with Gasteiger partial charge in [-0.2, -0.15) is 0 Å². The van der Waals surface area contributed by atoms with Crippen LogP contribution in [0.3, 0.4) is 0 Å². The quantitative estimate of drug-likeness (QED) is 0.717. The highest BCUT2D eigenvalue weighted by atomic mass is 35.5. The molecule has 0 bridgehead atoms. The summed E-state index contributed by atoms with van der Waals surface area (Å²) in [7, 11) is 0. The van der Waals surface area contributed by atoms with Crippen LogP contribution in [0.1, 0.15) is 11.1 Å². The maximum atomic E-state index is 10.9. The molecule has 0 aliphatic carbocycles. The van der Waals surface area contributed by atoms with Gasteiger partial charge in [0.25, 0.3) is 0 Å². The number of carbonyl (C=O) groups is 1. The molecule has 4 heteroatoms. The third-order valence-corrected chi connectivity index (χ3v) is 2.42. The number of fused-ring (bicyclic) bond motifs is 1. The van der Waals surface area contributed by atoms with Crippen LogP contribution in [0.2, 0.25) is 0 Å². The van der Waals surface area contributed by atoms with Gasteiger partial charge in [0, 0.05) is 6.54 Å². The molecule has 0 saturated carbocycles. The second kappa shape index (κ2) is 4.44. The van der Waals surface area contributed by atoms with Gasteiger partial charge in [-0.25, -0.2) is 0 Å². The van der Waals surface area contributed by atoms with Gasteiger partial charge in [-0.05, 0) is 17.5 Å². The Bertz CT molecular complexity index is 341. The molecule has 0 radical (unpaired) electrons. The summed E-state index contributed by atoms with van der Waals surface area (Å²) in [6.07, 6.45) is 0.714. The summed E-state index contributed by atoms with van der Waals surface area (Å²) in [5.41, 5.74) is 7.71. The Hall–Kier alpha value is -1.06. The second-order valence-corrected chi connectivity index (χ2v) is 3.31. The zero-order valence-corrected chi connectivity index (χ0v) is 8.51. The first-order valence-corrected chi connectivity index (χ1v) is 4.37. The van der Waals surface area contributed by atoms with Gasteiger partial charge >= 0.3 is 0 Å². The van der Waals surface area contributed by atoms with Gasteiger partial charge in [-0.15, -0.1) is 12.4 Å². The molecule has 0 fully saturated rings. The number of primary amides is 1. The fraction of sp³-hybridized carbons (Fsp3) is 0.300. The maximum Gasteiger partial charge on any atom is 0.234 e. The van der Waals surface area contributed by atoms with Gasteiger partial charge in [0.05, 0.1) is 6.04 Å². The molecule has 1 heterocycles. The molecule has 3 nitrogen and oxygen atoms in total. The van der Waals surface area contributed by atoms with E-state index in [0.29, 0.717) is 6.42 Å². The minimum Gasteiger partial charge on any atom is -0.368 e. The molecule has 3 N–H and O–H groups in total. The van der Waals surface area contributed by atoms with Crippen LogP contribution in [0.4, 0.5) is 0 Å². The molecule has 14 heavy (non-hydrogen) atoms. The standard InChI is InChI=1S/C10H12N2O.ClH/c11-10(13)9-5-7-3-1-2-4-8(7)6-12-9;/h1-4,9,12H,5-6H2,(H2,11,13);1H/t9-;/m0./s1. The number of benzene rings is 1. The molecule has 1 aliphatic heterocycles. The van der Waals surface area contributed by atoms with Crippen LogP contribution in [-0.2, 0) is 17.8 Å². The molecule has 1 aromatic carbocycles. The predicted molar refractivity (Wildman–Crippen MR) is 57.2 cm³/mol. The molecule has 0 aromatic heterocycles. The van der Waals surface area contributed by atoms with E-state index in [0.717, 1.165) is 6.54 Å². The Morgan fingerprint density at radius 1 is 1.36 bits per heavy atom. The van der Waals surface area contributed by atoms with E-state index in [9.17, 15) is 4.79 Å². The molecule has 1 aromatic rings. The number of amides is 1. The van der Waals surface area contributed by atoms with E-state index in [1.807, 2.05) is 18.2 Å². The third kappa shape index (κ3) is 2.05. The van der Waals surface area contributed by atoms with Crippen molar-refractivity contribution in [2.75, 3.05) is 0 Å². The molecule has 0 unspecified atom stereocenters. The van der Waals surface area contributed by atoms with Crippen molar-refractivity contribution in [3.05, 3.63) is 35.4 Å². The van der Waals surface area contributed by atoms with Gasteiger partial charge in [-0.1, -0.05) is 24.3 Å². The maximum absolute atomic E-state index is 10.9. The number of nitrogens with two attached hydrogens (primary N) is 1. The Kier molecular flexibility index (Phi) is 3.49. The Morgan fingerprint density at radius 2 is 2.00 bits per heavy atom. The van der Waals surface area contributed by atoms with E-state index >= 15 is 0 Å². The van der Waals surface area contributed by atoms with E-state index in [1.54, 1.807) is 0 Å². The van der Waals surface area contributed by atoms with Crippen molar-refractivity contribution in [1.82, 2.24) is 5.32 Å². The van der Waals surface area contributed by atoms with Gasteiger partial charge in [0.1, 0.15) is 0 Å². The summed E-state index contributed by atoms with van der Waals surface area (Å²) >= 11 is 0. The molecule has 1 aliphatic rings. The van der Waals surface area contributed by atoms with Gasteiger partial charge in [0.2, 0.25) is 5.91 Å². The number of nitrogens with one attached hydrogen (secondary N) is 1. The summed E-state index contributed by atoms with van der Waals surface area (Å²) in [6.45, 7) is 0.740. The predicted octanol–water partition coefficient (Wildman–Crippen LogP) is 0.608. The summed E-state index contributed by atoms with van der Waals surface area (Å²) < 4.78 is 0. The van der Waals surface area contributed by atoms with Crippen molar-refractivity contribution < 1.29 is 4.79 Å². The average molecular weight is 213 g/mol. The first-order chi connectivity index (χ1) is 6.27. The lowest BCUT2D eigenvalue weighted by molar-refractivity contribution is -0.120. The van der Waals surface area contributed by atoms with Crippen molar-refractivity contribution in [2.24, 2.45) is 5.73 Å². The molecule has 0 spiro atoms. The highest BCUT2D eigenvalue weighted by Crippen LogP contribution is 2.15. The fourth-order valence-corrected chi connectivity index (χ4v) is 1.66. The molecule has 0 saturated heterocycles. The lowest BCUT2D eigenvalue weighted by atomic mass is 9.96. The zero-order valence-electron chi connectivity index (χ0n) is 7.69.